The molecule has 1 heterocycles. The Morgan fingerprint density at radius 3 is 2.03 bits per heavy atom. The molecule has 4 rings (SSSR count). The Kier molecular flexibility index (Phi) is 6.13. The Morgan fingerprint density at radius 2 is 1.45 bits per heavy atom. The number of hydrogen-bond acceptors (Lipinski definition) is 3. The maximum atomic E-state index is 11.0. The Morgan fingerprint density at radius 1 is 0.903 bits per heavy atom. The van der Waals surface area contributed by atoms with E-state index >= 15 is 0 Å². The van der Waals surface area contributed by atoms with E-state index in [1.807, 2.05) is 90.4 Å². The number of carboxylic acids is 1. The van der Waals surface area contributed by atoms with Crippen LogP contribution in [0, 0.1) is 0 Å². The predicted octanol–water partition coefficient (Wildman–Crippen LogP) is 5.84. The van der Waals surface area contributed by atoms with E-state index in [4.69, 9.17) is 14.8 Å². The second-order valence-electron chi connectivity index (χ2n) is 7.36. The lowest BCUT2D eigenvalue weighted by atomic mass is 10.0. The predicted molar refractivity (Wildman–Crippen MR) is 121 cm³/mol. The summed E-state index contributed by atoms with van der Waals surface area (Å²) in [5.41, 5.74) is 4.68. The highest BCUT2D eigenvalue weighted by Crippen LogP contribution is 2.38. The monoisotopic (exact) mass is 412 g/mol. The highest BCUT2D eigenvalue weighted by molar-refractivity contribution is 5.81. The van der Waals surface area contributed by atoms with Gasteiger partial charge in [-0.25, -0.2) is 0 Å². The van der Waals surface area contributed by atoms with Crippen molar-refractivity contribution in [1.82, 2.24) is 9.55 Å². The second kappa shape index (κ2) is 9.30. The zero-order valence-corrected chi connectivity index (χ0v) is 17.3. The van der Waals surface area contributed by atoms with Crippen molar-refractivity contribution < 1.29 is 14.6 Å². The second-order valence-corrected chi connectivity index (χ2v) is 7.36. The van der Waals surface area contributed by atoms with Crippen LogP contribution in [0.2, 0.25) is 0 Å². The summed E-state index contributed by atoms with van der Waals surface area (Å²) >= 11 is 0. The van der Waals surface area contributed by atoms with Gasteiger partial charge in [-0.05, 0) is 25.5 Å². The molecule has 0 spiro atoms. The molecule has 1 N–H and O–H groups in total. The van der Waals surface area contributed by atoms with Crippen LogP contribution in [-0.4, -0.2) is 26.7 Å². The van der Waals surface area contributed by atoms with Crippen LogP contribution in [0.3, 0.4) is 0 Å². The van der Waals surface area contributed by atoms with Crippen molar-refractivity contribution in [3.63, 3.8) is 0 Å². The molecule has 1 unspecified atom stereocenters. The van der Waals surface area contributed by atoms with E-state index in [9.17, 15) is 4.79 Å². The molecule has 1 aromatic heterocycles. The number of benzene rings is 3. The van der Waals surface area contributed by atoms with Crippen LogP contribution >= 0.6 is 0 Å². The number of aromatic nitrogens is 2. The number of carboxylic acid groups (broad SMARTS) is 1. The van der Waals surface area contributed by atoms with Crippen LogP contribution < -0.4 is 4.74 Å². The lowest BCUT2D eigenvalue weighted by Crippen LogP contribution is -2.16. The summed E-state index contributed by atoms with van der Waals surface area (Å²) in [6, 6.07) is 30.5. The molecule has 0 radical (unpaired) electrons. The fraction of sp³-hybridized carbons (Fsp3) is 0.154. The first-order valence-corrected chi connectivity index (χ1v) is 10.3. The summed E-state index contributed by atoms with van der Waals surface area (Å²) in [4.78, 5) is 15.9. The summed E-state index contributed by atoms with van der Waals surface area (Å²) < 4.78 is 8.21. The molecule has 0 bridgehead atoms. The van der Waals surface area contributed by atoms with Crippen molar-refractivity contribution in [3.8, 4) is 34.2 Å². The maximum absolute atomic E-state index is 11.0. The first kappa shape index (κ1) is 20.4. The van der Waals surface area contributed by atoms with Gasteiger partial charge in [-0.3, -0.25) is 9.36 Å². The van der Waals surface area contributed by atoms with Crippen molar-refractivity contribution in [1.29, 1.82) is 0 Å². The average molecular weight is 412 g/mol. The first-order chi connectivity index (χ1) is 15.1. The van der Waals surface area contributed by atoms with Gasteiger partial charge >= 0.3 is 12.0 Å². The van der Waals surface area contributed by atoms with Gasteiger partial charge in [-0.15, -0.1) is 0 Å². The number of hydrogen-bond donors (Lipinski definition) is 1. The van der Waals surface area contributed by atoms with Crippen molar-refractivity contribution in [2.45, 2.75) is 25.9 Å². The van der Waals surface area contributed by atoms with E-state index in [-0.39, 0.29) is 12.5 Å². The number of carbonyl (C=O) groups is 1. The van der Waals surface area contributed by atoms with Gasteiger partial charge in [-0.1, -0.05) is 78.9 Å². The topological polar surface area (TPSA) is 64.3 Å². The van der Waals surface area contributed by atoms with Gasteiger partial charge in [0.15, 0.2) is 0 Å². The zero-order valence-electron chi connectivity index (χ0n) is 17.3. The molecule has 4 aromatic rings. The number of imidazole rings is 1. The largest absolute Gasteiger partial charge is 0.481 e. The van der Waals surface area contributed by atoms with Crippen molar-refractivity contribution >= 4 is 5.97 Å². The highest BCUT2D eigenvalue weighted by Gasteiger charge is 2.23. The molecule has 0 amide bonds. The minimum absolute atomic E-state index is 0.0459. The first-order valence-electron chi connectivity index (χ1n) is 10.3. The molecule has 156 valence electrons. The van der Waals surface area contributed by atoms with Crippen LogP contribution in [0.1, 0.15) is 19.8 Å². The third-order valence-electron chi connectivity index (χ3n) is 5.03. The molecule has 31 heavy (non-hydrogen) atoms. The third-order valence-corrected chi connectivity index (χ3v) is 5.03. The lowest BCUT2D eigenvalue weighted by molar-refractivity contribution is -0.137. The Balaban J connectivity index is 1.90. The Bertz CT molecular complexity index is 1140. The number of ether oxygens (including phenoxy) is 1. The van der Waals surface area contributed by atoms with E-state index in [1.165, 1.54) is 0 Å². The standard InChI is InChI=1S/C26H24N2O3/c1-19(17-18-23(29)30)31-26-27-24(20-11-5-2-6-12-20)25(21-13-7-3-8-14-21)28(26)22-15-9-4-10-16-22/h2-16,19H,17-18H2,1H3,(H,29,30). The van der Waals surface area contributed by atoms with Gasteiger partial charge in [-0.2, -0.15) is 4.98 Å². The van der Waals surface area contributed by atoms with Gasteiger partial charge in [0.2, 0.25) is 0 Å². The van der Waals surface area contributed by atoms with Gasteiger partial charge < -0.3 is 9.84 Å². The van der Waals surface area contributed by atoms with Gasteiger partial charge in [0.25, 0.3) is 0 Å². The van der Waals surface area contributed by atoms with Crippen LogP contribution in [0.5, 0.6) is 6.01 Å². The maximum Gasteiger partial charge on any atom is 0.303 e. The van der Waals surface area contributed by atoms with Crippen LogP contribution in [-0.2, 0) is 4.79 Å². The summed E-state index contributed by atoms with van der Waals surface area (Å²) in [7, 11) is 0. The van der Waals surface area contributed by atoms with E-state index in [0.29, 0.717) is 12.4 Å². The van der Waals surface area contributed by atoms with E-state index in [1.54, 1.807) is 0 Å². The summed E-state index contributed by atoms with van der Waals surface area (Å²) in [5.74, 6) is -0.836. The van der Waals surface area contributed by atoms with Crippen molar-refractivity contribution in [3.05, 3.63) is 91.0 Å². The molecule has 0 aliphatic rings. The molecule has 5 heteroatoms. The number of aliphatic carboxylic acids is 1. The Hall–Kier alpha value is -3.86. The lowest BCUT2D eigenvalue weighted by Gasteiger charge is -2.16. The van der Waals surface area contributed by atoms with E-state index in [2.05, 4.69) is 12.1 Å². The number of rotatable bonds is 8. The van der Waals surface area contributed by atoms with Crippen LogP contribution in [0.15, 0.2) is 91.0 Å². The Labute approximate surface area is 181 Å². The molecular formula is C26H24N2O3. The molecule has 0 aliphatic heterocycles. The van der Waals surface area contributed by atoms with Gasteiger partial charge in [0.05, 0.1) is 17.5 Å². The molecule has 0 saturated carbocycles. The minimum atomic E-state index is -0.836. The SMILES string of the molecule is CC(CCC(=O)O)Oc1nc(-c2ccccc2)c(-c2ccccc2)n1-c1ccccc1. The minimum Gasteiger partial charge on any atom is -0.481 e. The van der Waals surface area contributed by atoms with E-state index in [0.717, 1.165) is 28.2 Å². The van der Waals surface area contributed by atoms with Crippen molar-refractivity contribution in [2.75, 3.05) is 0 Å². The molecule has 0 saturated heterocycles. The summed E-state index contributed by atoms with van der Waals surface area (Å²) in [5, 5.41) is 9.03. The quantitative estimate of drug-likeness (QED) is 0.395. The van der Waals surface area contributed by atoms with Crippen molar-refractivity contribution in [2.24, 2.45) is 0 Å². The van der Waals surface area contributed by atoms with Gasteiger partial charge in [0.1, 0.15) is 5.69 Å². The average Bonchev–Trinajstić information content (AvgIpc) is 3.18. The number of nitrogens with zero attached hydrogens (tertiary/aromatic N) is 2. The van der Waals surface area contributed by atoms with Crippen LogP contribution in [0.25, 0.3) is 28.2 Å². The molecular weight excluding hydrogens is 388 g/mol. The van der Waals surface area contributed by atoms with E-state index < -0.39 is 5.97 Å². The summed E-state index contributed by atoms with van der Waals surface area (Å²) in [6.45, 7) is 1.87. The van der Waals surface area contributed by atoms with Gasteiger partial charge in [0, 0.05) is 17.5 Å². The molecule has 5 nitrogen and oxygen atoms in total. The smallest absolute Gasteiger partial charge is 0.303 e. The molecule has 0 aliphatic carbocycles. The zero-order chi connectivity index (χ0) is 21.6. The molecule has 1 atom stereocenters. The highest BCUT2D eigenvalue weighted by atomic mass is 16.5. The third kappa shape index (κ3) is 4.67. The van der Waals surface area contributed by atoms with Crippen LogP contribution in [0.4, 0.5) is 0 Å². The molecule has 3 aromatic carbocycles. The fourth-order valence-corrected chi connectivity index (χ4v) is 3.52. The fourth-order valence-electron chi connectivity index (χ4n) is 3.52. The normalized spacial score (nSPS) is 11.8. The number of para-hydroxylation sites is 1. The molecule has 0 fully saturated rings. The summed E-state index contributed by atoms with van der Waals surface area (Å²) in [6.07, 6.45) is 0.149.